The van der Waals surface area contributed by atoms with Crippen LogP contribution in [0.25, 0.3) is 11.1 Å². The zero-order chi connectivity index (χ0) is 12.9. The molecule has 0 spiro atoms. The molecule has 2 heterocycles. The number of nitrogens with zero attached hydrogens (tertiary/aromatic N) is 1. The van der Waals surface area contributed by atoms with Crippen LogP contribution in [0.3, 0.4) is 0 Å². The average Bonchev–Trinajstić information content (AvgIpc) is 2.87. The van der Waals surface area contributed by atoms with Crippen LogP contribution in [0.2, 0.25) is 0 Å². The Hall–Kier alpha value is -1.55. The van der Waals surface area contributed by atoms with E-state index in [0.717, 1.165) is 24.1 Å². The lowest BCUT2D eigenvalue weighted by Gasteiger charge is -2.23. The van der Waals surface area contributed by atoms with Crippen LogP contribution in [0, 0.1) is 0 Å². The molecule has 1 aromatic carbocycles. The van der Waals surface area contributed by atoms with Gasteiger partial charge in [-0.15, -0.1) is 0 Å². The molecular formula is C15H20N2O2. The zero-order valence-electron chi connectivity index (χ0n) is 11.1. The summed E-state index contributed by atoms with van der Waals surface area (Å²) in [6, 6.07) is 8.38. The minimum absolute atomic E-state index is 0.387. The molecule has 1 N–H and O–H groups in total. The van der Waals surface area contributed by atoms with Gasteiger partial charge in [0, 0.05) is 6.04 Å². The second-order valence-electron chi connectivity index (χ2n) is 5.09. The van der Waals surface area contributed by atoms with E-state index in [9.17, 15) is 0 Å². The Morgan fingerprint density at radius 3 is 3.11 bits per heavy atom. The fraction of sp³-hybridized carbons (Fsp3) is 0.533. The first-order valence-electron chi connectivity index (χ1n) is 7.13. The molecule has 1 aliphatic rings. The smallest absolute Gasteiger partial charge is 0.394 e. The maximum Gasteiger partial charge on any atom is 0.394 e. The summed E-state index contributed by atoms with van der Waals surface area (Å²) in [4.78, 5) is 4.29. The number of fused-ring (bicyclic) bond motifs is 1. The summed E-state index contributed by atoms with van der Waals surface area (Å²) in [5, 5.41) is 3.54. The number of rotatable bonds is 5. The van der Waals surface area contributed by atoms with Crippen molar-refractivity contribution in [1.82, 2.24) is 10.3 Å². The summed E-state index contributed by atoms with van der Waals surface area (Å²) in [6.45, 7) is 1.83. The maximum absolute atomic E-state index is 5.58. The van der Waals surface area contributed by atoms with Gasteiger partial charge in [-0.05, 0) is 44.4 Å². The third-order valence-electron chi connectivity index (χ3n) is 3.61. The lowest BCUT2D eigenvalue weighted by Crippen LogP contribution is -2.34. The SMILES string of the molecule is c1ccc2oc(OCCCC3CCCCN3)nc2c1. The van der Waals surface area contributed by atoms with E-state index in [1.807, 2.05) is 24.3 Å². The van der Waals surface area contributed by atoms with Crippen LogP contribution in [0.1, 0.15) is 32.1 Å². The number of benzene rings is 1. The highest BCUT2D eigenvalue weighted by molar-refractivity contribution is 5.72. The number of aromatic nitrogens is 1. The first kappa shape index (κ1) is 12.5. The molecule has 1 unspecified atom stereocenters. The van der Waals surface area contributed by atoms with Crippen molar-refractivity contribution in [3.8, 4) is 6.08 Å². The van der Waals surface area contributed by atoms with Gasteiger partial charge in [-0.25, -0.2) is 0 Å². The Morgan fingerprint density at radius 1 is 1.32 bits per heavy atom. The minimum atomic E-state index is 0.387. The van der Waals surface area contributed by atoms with E-state index in [4.69, 9.17) is 9.15 Å². The quantitative estimate of drug-likeness (QED) is 0.839. The van der Waals surface area contributed by atoms with Crippen molar-refractivity contribution in [3.63, 3.8) is 0 Å². The summed E-state index contributed by atoms with van der Waals surface area (Å²) in [5.41, 5.74) is 1.64. The monoisotopic (exact) mass is 260 g/mol. The average molecular weight is 260 g/mol. The summed E-state index contributed by atoms with van der Waals surface area (Å²) >= 11 is 0. The lowest BCUT2D eigenvalue weighted by atomic mass is 10.0. The first-order chi connectivity index (χ1) is 9.42. The van der Waals surface area contributed by atoms with Crippen LogP contribution >= 0.6 is 0 Å². The van der Waals surface area contributed by atoms with Gasteiger partial charge in [0.15, 0.2) is 5.58 Å². The fourth-order valence-corrected chi connectivity index (χ4v) is 2.57. The molecule has 0 saturated carbocycles. The number of oxazole rings is 1. The number of para-hydroxylation sites is 2. The molecule has 0 radical (unpaired) electrons. The molecule has 0 bridgehead atoms. The number of nitrogens with one attached hydrogen (secondary N) is 1. The number of ether oxygens (including phenoxy) is 1. The number of hydrogen-bond donors (Lipinski definition) is 1. The second kappa shape index (κ2) is 6.06. The molecule has 0 aliphatic carbocycles. The summed E-state index contributed by atoms with van der Waals surface area (Å²) in [5.74, 6) is 0. The first-order valence-corrected chi connectivity index (χ1v) is 7.13. The predicted octanol–water partition coefficient (Wildman–Crippen LogP) is 3.13. The fourth-order valence-electron chi connectivity index (χ4n) is 2.57. The van der Waals surface area contributed by atoms with Gasteiger partial charge in [-0.1, -0.05) is 18.6 Å². The molecule has 19 heavy (non-hydrogen) atoms. The topological polar surface area (TPSA) is 47.3 Å². The minimum Gasteiger partial charge on any atom is -0.450 e. The highest BCUT2D eigenvalue weighted by Crippen LogP contribution is 2.20. The van der Waals surface area contributed by atoms with E-state index < -0.39 is 0 Å². The van der Waals surface area contributed by atoms with Gasteiger partial charge >= 0.3 is 6.08 Å². The summed E-state index contributed by atoms with van der Waals surface area (Å²) < 4.78 is 11.1. The van der Waals surface area contributed by atoms with E-state index in [-0.39, 0.29) is 0 Å². The van der Waals surface area contributed by atoms with Crippen LogP contribution in [-0.2, 0) is 0 Å². The van der Waals surface area contributed by atoms with E-state index in [0.29, 0.717) is 18.7 Å². The maximum atomic E-state index is 5.58. The van der Waals surface area contributed by atoms with Crippen LogP contribution in [0.15, 0.2) is 28.7 Å². The summed E-state index contributed by atoms with van der Waals surface area (Å²) in [6.07, 6.45) is 6.55. The normalized spacial score (nSPS) is 19.7. The van der Waals surface area contributed by atoms with Crippen molar-refractivity contribution in [1.29, 1.82) is 0 Å². The molecule has 102 valence electrons. The Balaban J connectivity index is 1.44. The third-order valence-corrected chi connectivity index (χ3v) is 3.61. The van der Waals surface area contributed by atoms with Crippen molar-refractivity contribution >= 4 is 11.1 Å². The largest absolute Gasteiger partial charge is 0.450 e. The van der Waals surface area contributed by atoms with Gasteiger partial charge in [0.05, 0.1) is 6.61 Å². The highest BCUT2D eigenvalue weighted by Gasteiger charge is 2.12. The van der Waals surface area contributed by atoms with Crippen molar-refractivity contribution < 1.29 is 9.15 Å². The third kappa shape index (κ3) is 3.26. The molecule has 1 atom stereocenters. The summed E-state index contributed by atoms with van der Waals surface area (Å²) in [7, 11) is 0. The Labute approximate surface area is 113 Å². The van der Waals surface area contributed by atoms with E-state index >= 15 is 0 Å². The van der Waals surface area contributed by atoms with Gasteiger partial charge in [-0.2, -0.15) is 4.98 Å². The predicted molar refractivity (Wildman–Crippen MR) is 74.4 cm³/mol. The van der Waals surface area contributed by atoms with Gasteiger partial charge in [0.25, 0.3) is 0 Å². The van der Waals surface area contributed by atoms with Crippen LogP contribution in [-0.4, -0.2) is 24.2 Å². The van der Waals surface area contributed by atoms with Crippen molar-refractivity contribution in [3.05, 3.63) is 24.3 Å². The molecule has 1 aromatic heterocycles. The molecule has 2 aromatic rings. The lowest BCUT2D eigenvalue weighted by molar-refractivity contribution is 0.223. The van der Waals surface area contributed by atoms with E-state index in [1.165, 1.54) is 25.7 Å². The zero-order valence-corrected chi connectivity index (χ0v) is 11.1. The van der Waals surface area contributed by atoms with Crippen molar-refractivity contribution in [2.75, 3.05) is 13.2 Å². The standard InChI is InChI=1S/C15H20N2O2/c1-2-9-14-13(8-1)17-15(19-14)18-11-5-7-12-6-3-4-10-16-12/h1-2,8-9,12,16H,3-7,10-11H2. The van der Waals surface area contributed by atoms with E-state index in [1.54, 1.807) is 0 Å². The Kier molecular flexibility index (Phi) is 3.98. The van der Waals surface area contributed by atoms with Crippen LogP contribution in [0.5, 0.6) is 6.08 Å². The molecule has 3 rings (SSSR count). The second-order valence-corrected chi connectivity index (χ2v) is 5.09. The molecule has 4 heteroatoms. The Morgan fingerprint density at radius 2 is 2.26 bits per heavy atom. The van der Waals surface area contributed by atoms with Gasteiger partial charge in [-0.3, -0.25) is 0 Å². The molecule has 1 fully saturated rings. The van der Waals surface area contributed by atoms with Gasteiger partial charge in [0.1, 0.15) is 5.52 Å². The molecule has 1 saturated heterocycles. The molecule has 0 amide bonds. The van der Waals surface area contributed by atoms with Crippen LogP contribution in [0.4, 0.5) is 0 Å². The van der Waals surface area contributed by atoms with Gasteiger partial charge < -0.3 is 14.5 Å². The highest BCUT2D eigenvalue weighted by atomic mass is 16.6. The van der Waals surface area contributed by atoms with E-state index in [2.05, 4.69) is 10.3 Å². The van der Waals surface area contributed by atoms with Gasteiger partial charge in [0.2, 0.25) is 0 Å². The molecule has 4 nitrogen and oxygen atoms in total. The van der Waals surface area contributed by atoms with Crippen LogP contribution < -0.4 is 10.1 Å². The number of piperidine rings is 1. The van der Waals surface area contributed by atoms with Crippen molar-refractivity contribution in [2.45, 2.75) is 38.1 Å². The number of hydrogen-bond acceptors (Lipinski definition) is 4. The molecular weight excluding hydrogens is 240 g/mol. The molecule has 1 aliphatic heterocycles. The Bertz CT molecular complexity index is 485. The van der Waals surface area contributed by atoms with Crippen molar-refractivity contribution in [2.24, 2.45) is 0 Å².